The van der Waals surface area contributed by atoms with Crippen molar-refractivity contribution in [3.63, 3.8) is 0 Å². The van der Waals surface area contributed by atoms with Gasteiger partial charge in [0.1, 0.15) is 0 Å². The molecule has 2 rings (SSSR count). The van der Waals surface area contributed by atoms with E-state index in [0.717, 1.165) is 17.7 Å². The van der Waals surface area contributed by atoms with Gasteiger partial charge in [-0.2, -0.15) is 0 Å². The molecule has 1 atom stereocenters. The van der Waals surface area contributed by atoms with Crippen molar-refractivity contribution in [2.24, 2.45) is 0 Å². The minimum Gasteiger partial charge on any atom is -0.394 e. The van der Waals surface area contributed by atoms with Crippen molar-refractivity contribution in [1.29, 1.82) is 0 Å². The Balaban J connectivity index is 2.04. The molecule has 1 amide bonds. The van der Waals surface area contributed by atoms with Gasteiger partial charge < -0.3 is 14.9 Å². The number of carbonyl (C=O) groups excluding carboxylic acids is 1. The zero-order valence-electron chi connectivity index (χ0n) is 10.6. The number of thiophene rings is 1. The van der Waals surface area contributed by atoms with Crippen LogP contribution in [0, 0.1) is 0 Å². The van der Waals surface area contributed by atoms with Crippen molar-refractivity contribution in [2.75, 3.05) is 6.61 Å². The highest BCUT2D eigenvalue weighted by Gasteiger charge is 2.17. The molecule has 0 aliphatic heterocycles. The minimum absolute atomic E-state index is 0.0742. The van der Waals surface area contributed by atoms with Gasteiger partial charge in [0.2, 0.25) is 0 Å². The first kappa shape index (κ1) is 13.8. The molecule has 2 aromatic heterocycles. The van der Waals surface area contributed by atoms with Crippen molar-refractivity contribution in [3.8, 4) is 10.6 Å². The third kappa shape index (κ3) is 3.42. The third-order valence-corrected chi connectivity index (χ3v) is 3.58. The second-order valence-electron chi connectivity index (χ2n) is 4.20. The van der Waals surface area contributed by atoms with E-state index in [1.165, 1.54) is 11.3 Å². The molecule has 0 aliphatic carbocycles. The Kier molecular flexibility index (Phi) is 4.70. The molecule has 0 spiro atoms. The predicted molar refractivity (Wildman–Crippen MR) is 73.1 cm³/mol. The number of nitrogens with one attached hydrogen (secondary N) is 1. The van der Waals surface area contributed by atoms with Gasteiger partial charge in [0.25, 0.3) is 5.91 Å². The van der Waals surface area contributed by atoms with Crippen LogP contribution >= 0.6 is 11.3 Å². The molecule has 6 heteroatoms. The normalized spacial score (nSPS) is 12.3. The molecule has 2 aromatic rings. The fourth-order valence-electron chi connectivity index (χ4n) is 1.73. The fourth-order valence-corrected chi connectivity index (χ4v) is 2.41. The van der Waals surface area contributed by atoms with Gasteiger partial charge in [0.15, 0.2) is 11.5 Å². The van der Waals surface area contributed by atoms with E-state index in [0.29, 0.717) is 5.76 Å². The Labute approximate surface area is 115 Å². The number of hydrogen-bond donors (Lipinski definition) is 2. The average molecular weight is 280 g/mol. The van der Waals surface area contributed by atoms with Gasteiger partial charge in [-0.1, -0.05) is 24.6 Å². The molecule has 0 bridgehead atoms. The van der Waals surface area contributed by atoms with Gasteiger partial charge in [-0.15, -0.1) is 11.3 Å². The number of hydrogen-bond acceptors (Lipinski definition) is 5. The molecule has 2 heterocycles. The molecule has 0 saturated carbocycles. The number of amides is 1. The van der Waals surface area contributed by atoms with E-state index in [1.807, 2.05) is 24.4 Å². The van der Waals surface area contributed by atoms with Gasteiger partial charge >= 0.3 is 0 Å². The van der Waals surface area contributed by atoms with Crippen LogP contribution in [0.4, 0.5) is 0 Å². The Bertz CT molecular complexity index is 522. The summed E-state index contributed by atoms with van der Waals surface area (Å²) >= 11 is 1.52. The molecule has 0 aliphatic rings. The molecule has 5 nitrogen and oxygen atoms in total. The SMILES string of the molecule is CCCC(CO)NC(=O)c1cc(-c2cccs2)on1. The van der Waals surface area contributed by atoms with Crippen LogP contribution in [-0.2, 0) is 0 Å². The lowest BCUT2D eigenvalue weighted by Crippen LogP contribution is -2.37. The second kappa shape index (κ2) is 6.49. The Hall–Kier alpha value is -1.66. The number of aliphatic hydroxyl groups excluding tert-OH is 1. The highest BCUT2D eigenvalue weighted by atomic mass is 32.1. The topological polar surface area (TPSA) is 75.4 Å². The molecular weight excluding hydrogens is 264 g/mol. The fraction of sp³-hybridized carbons (Fsp3) is 0.385. The zero-order valence-corrected chi connectivity index (χ0v) is 11.4. The van der Waals surface area contributed by atoms with E-state index in [-0.39, 0.29) is 24.2 Å². The molecule has 0 fully saturated rings. The lowest BCUT2D eigenvalue weighted by Gasteiger charge is -2.13. The summed E-state index contributed by atoms with van der Waals surface area (Å²) in [7, 11) is 0. The first-order valence-corrected chi connectivity index (χ1v) is 7.05. The van der Waals surface area contributed by atoms with Crippen LogP contribution < -0.4 is 5.32 Å². The van der Waals surface area contributed by atoms with Crippen LogP contribution in [0.15, 0.2) is 28.1 Å². The van der Waals surface area contributed by atoms with E-state index in [2.05, 4.69) is 10.5 Å². The van der Waals surface area contributed by atoms with Crippen molar-refractivity contribution < 1.29 is 14.4 Å². The Morgan fingerprint density at radius 3 is 3.11 bits per heavy atom. The second-order valence-corrected chi connectivity index (χ2v) is 5.14. The number of rotatable bonds is 6. The maximum atomic E-state index is 11.9. The van der Waals surface area contributed by atoms with Gasteiger partial charge in [-0.3, -0.25) is 4.79 Å². The molecule has 0 saturated heterocycles. The van der Waals surface area contributed by atoms with Crippen molar-refractivity contribution in [3.05, 3.63) is 29.3 Å². The van der Waals surface area contributed by atoms with E-state index in [4.69, 9.17) is 9.63 Å². The van der Waals surface area contributed by atoms with Gasteiger partial charge in [-0.05, 0) is 17.9 Å². The quantitative estimate of drug-likeness (QED) is 0.851. The van der Waals surface area contributed by atoms with Crippen LogP contribution in [0.5, 0.6) is 0 Å². The molecule has 2 N–H and O–H groups in total. The zero-order chi connectivity index (χ0) is 13.7. The molecule has 102 valence electrons. The average Bonchev–Trinajstić information content (AvgIpc) is 3.08. The third-order valence-electron chi connectivity index (χ3n) is 2.70. The van der Waals surface area contributed by atoms with Crippen molar-refractivity contribution in [1.82, 2.24) is 10.5 Å². The molecule has 0 radical (unpaired) electrons. The number of aromatic nitrogens is 1. The first-order chi connectivity index (χ1) is 9.24. The number of carbonyl (C=O) groups is 1. The van der Waals surface area contributed by atoms with E-state index in [1.54, 1.807) is 6.07 Å². The van der Waals surface area contributed by atoms with Gasteiger partial charge in [-0.25, -0.2) is 0 Å². The molecule has 19 heavy (non-hydrogen) atoms. The lowest BCUT2D eigenvalue weighted by molar-refractivity contribution is 0.0904. The molecular formula is C13H16N2O3S. The van der Waals surface area contributed by atoms with E-state index in [9.17, 15) is 4.79 Å². The maximum Gasteiger partial charge on any atom is 0.273 e. The van der Waals surface area contributed by atoms with E-state index < -0.39 is 0 Å². The van der Waals surface area contributed by atoms with Gasteiger partial charge in [0.05, 0.1) is 17.5 Å². The van der Waals surface area contributed by atoms with Crippen LogP contribution in [0.2, 0.25) is 0 Å². The van der Waals surface area contributed by atoms with Crippen LogP contribution in [-0.4, -0.2) is 28.8 Å². The summed E-state index contributed by atoms with van der Waals surface area (Å²) < 4.78 is 5.14. The summed E-state index contributed by atoms with van der Waals surface area (Å²) in [5, 5.41) is 17.6. The van der Waals surface area contributed by atoms with Crippen molar-refractivity contribution in [2.45, 2.75) is 25.8 Å². The summed E-state index contributed by atoms with van der Waals surface area (Å²) in [6.45, 7) is 1.93. The van der Waals surface area contributed by atoms with Crippen LogP contribution in [0.25, 0.3) is 10.6 Å². The molecule has 1 unspecified atom stereocenters. The smallest absolute Gasteiger partial charge is 0.273 e. The minimum atomic E-state index is -0.320. The van der Waals surface area contributed by atoms with Crippen LogP contribution in [0.1, 0.15) is 30.3 Å². The highest BCUT2D eigenvalue weighted by Crippen LogP contribution is 2.25. The van der Waals surface area contributed by atoms with E-state index >= 15 is 0 Å². The standard InChI is InChI=1S/C13H16N2O3S/c1-2-4-9(8-16)14-13(17)10-7-11(18-15-10)12-5-3-6-19-12/h3,5-7,9,16H,2,4,8H2,1H3,(H,14,17). The lowest BCUT2D eigenvalue weighted by atomic mass is 10.2. The Morgan fingerprint density at radius 1 is 1.63 bits per heavy atom. The Morgan fingerprint density at radius 2 is 2.47 bits per heavy atom. The summed E-state index contributed by atoms with van der Waals surface area (Å²) in [4.78, 5) is 12.9. The largest absolute Gasteiger partial charge is 0.394 e. The van der Waals surface area contributed by atoms with Crippen LogP contribution in [0.3, 0.4) is 0 Å². The highest BCUT2D eigenvalue weighted by molar-refractivity contribution is 7.13. The summed E-state index contributed by atoms with van der Waals surface area (Å²) in [5.74, 6) is 0.259. The number of nitrogens with zero attached hydrogens (tertiary/aromatic N) is 1. The first-order valence-electron chi connectivity index (χ1n) is 6.17. The monoisotopic (exact) mass is 280 g/mol. The summed E-state index contributed by atoms with van der Waals surface area (Å²) in [6.07, 6.45) is 1.63. The molecule has 0 aromatic carbocycles. The summed E-state index contributed by atoms with van der Waals surface area (Å²) in [5.41, 5.74) is 0.234. The van der Waals surface area contributed by atoms with Gasteiger partial charge in [0, 0.05) is 6.07 Å². The predicted octanol–water partition coefficient (Wildman–Crippen LogP) is 2.29. The summed E-state index contributed by atoms with van der Waals surface area (Å²) in [6, 6.07) is 5.19. The van der Waals surface area contributed by atoms with Crippen molar-refractivity contribution >= 4 is 17.2 Å². The maximum absolute atomic E-state index is 11.9. The number of aliphatic hydroxyl groups is 1.